The van der Waals surface area contributed by atoms with Gasteiger partial charge in [0.1, 0.15) is 5.69 Å². The quantitative estimate of drug-likeness (QED) is 0.148. The third-order valence-electron chi connectivity index (χ3n) is 4.79. The molecule has 0 aliphatic heterocycles. The number of pyridine rings is 1. The van der Waals surface area contributed by atoms with Crippen molar-refractivity contribution < 1.29 is 9.59 Å². The van der Waals surface area contributed by atoms with E-state index in [1.165, 1.54) is 0 Å². The van der Waals surface area contributed by atoms with Gasteiger partial charge in [-0.1, -0.05) is 73.8 Å². The number of carbonyl (C=O) groups excluding carboxylic acids is 2. The molecule has 0 aliphatic rings. The number of allylic oxidation sites excluding steroid dienone is 10. The molecule has 0 saturated heterocycles. The largest absolute Gasteiger partial charge is 0.356 e. The summed E-state index contributed by atoms with van der Waals surface area (Å²) >= 11 is 0. The number of hydrogen-bond acceptors (Lipinski definition) is 3. The van der Waals surface area contributed by atoms with Crippen LogP contribution in [0.4, 0.5) is 0 Å². The van der Waals surface area contributed by atoms with Crippen molar-refractivity contribution in [2.45, 2.75) is 71.1 Å². The Kier molecular flexibility index (Phi) is 17.7. The molecule has 0 atom stereocenters. The summed E-state index contributed by atoms with van der Waals surface area (Å²) in [6.45, 7) is 2.67. The van der Waals surface area contributed by atoms with Gasteiger partial charge >= 0.3 is 0 Å². The summed E-state index contributed by atoms with van der Waals surface area (Å²) in [6, 6.07) is 5.31. The topological polar surface area (TPSA) is 59.1 Å². The van der Waals surface area contributed by atoms with Crippen LogP contribution >= 0.6 is 0 Å². The first-order valence-corrected chi connectivity index (χ1v) is 12.2. The number of nitrogens with one attached hydrogen (secondary N) is 1. The second-order valence-corrected chi connectivity index (χ2v) is 7.69. The lowest BCUT2D eigenvalue weighted by Crippen LogP contribution is -2.24. The van der Waals surface area contributed by atoms with Gasteiger partial charge in [0.05, 0.1) is 0 Å². The van der Waals surface area contributed by atoms with E-state index < -0.39 is 0 Å². The molecule has 1 N–H and O–H groups in total. The third kappa shape index (κ3) is 17.2. The number of hydrogen-bond donors (Lipinski definition) is 1. The van der Waals surface area contributed by atoms with Crippen LogP contribution in [0.15, 0.2) is 85.2 Å². The predicted octanol–water partition coefficient (Wildman–Crippen LogP) is 7.08. The van der Waals surface area contributed by atoms with Crippen LogP contribution in [0.5, 0.6) is 0 Å². The maximum absolute atomic E-state index is 11.9. The van der Waals surface area contributed by atoms with Gasteiger partial charge in [0.15, 0.2) is 5.78 Å². The van der Waals surface area contributed by atoms with E-state index >= 15 is 0 Å². The SMILES string of the molecule is CC/C=C\C/C=C\C/C=C\C/C=C\C/C=C\CCCC(=O)NCCCC(=O)c1ccccn1. The van der Waals surface area contributed by atoms with Crippen molar-refractivity contribution >= 4 is 11.7 Å². The number of aromatic nitrogens is 1. The van der Waals surface area contributed by atoms with E-state index in [-0.39, 0.29) is 11.7 Å². The number of unbranched alkanes of at least 4 members (excludes halogenated alkanes) is 1. The van der Waals surface area contributed by atoms with Crippen molar-refractivity contribution in [1.29, 1.82) is 0 Å². The minimum Gasteiger partial charge on any atom is -0.356 e. The Bertz CT molecular complexity index is 789. The molecule has 0 bridgehead atoms. The van der Waals surface area contributed by atoms with Crippen molar-refractivity contribution in [3.8, 4) is 0 Å². The number of nitrogens with zero attached hydrogens (tertiary/aromatic N) is 1. The fourth-order valence-corrected chi connectivity index (χ4v) is 2.97. The summed E-state index contributed by atoms with van der Waals surface area (Å²) in [6.07, 6.45) is 31.7. The van der Waals surface area contributed by atoms with Crippen LogP contribution in [0.2, 0.25) is 0 Å². The Labute approximate surface area is 200 Å². The van der Waals surface area contributed by atoms with Gasteiger partial charge in [-0.3, -0.25) is 14.6 Å². The average molecular weight is 449 g/mol. The minimum atomic E-state index is 0.0169. The first kappa shape index (κ1) is 28.0. The zero-order chi connectivity index (χ0) is 23.8. The highest BCUT2D eigenvalue weighted by molar-refractivity contribution is 5.94. The lowest BCUT2D eigenvalue weighted by molar-refractivity contribution is -0.121. The summed E-state index contributed by atoms with van der Waals surface area (Å²) in [7, 11) is 0. The van der Waals surface area contributed by atoms with Gasteiger partial charge in [0, 0.05) is 25.6 Å². The summed E-state index contributed by atoms with van der Waals surface area (Å²) in [4.78, 5) is 27.8. The molecule has 1 aromatic heterocycles. The van der Waals surface area contributed by atoms with E-state index in [0.717, 1.165) is 44.9 Å². The zero-order valence-corrected chi connectivity index (χ0v) is 20.1. The fraction of sp³-hybridized carbons (Fsp3) is 0.414. The first-order chi connectivity index (χ1) is 16.2. The number of rotatable bonds is 18. The van der Waals surface area contributed by atoms with Gasteiger partial charge < -0.3 is 5.32 Å². The van der Waals surface area contributed by atoms with E-state index in [0.29, 0.717) is 31.5 Å². The van der Waals surface area contributed by atoms with Gasteiger partial charge in [-0.05, 0) is 63.5 Å². The molecular formula is C29H40N2O2. The molecule has 4 heteroatoms. The van der Waals surface area contributed by atoms with Crippen molar-refractivity contribution in [2.24, 2.45) is 0 Å². The molecule has 0 aromatic carbocycles. The second-order valence-electron chi connectivity index (χ2n) is 7.69. The number of carbonyl (C=O) groups is 2. The molecule has 1 aromatic rings. The Balaban J connectivity index is 1.95. The normalized spacial score (nSPS) is 12.2. The summed E-state index contributed by atoms with van der Waals surface area (Å²) in [5.74, 6) is 0.0656. The van der Waals surface area contributed by atoms with Crippen LogP contribution in [-0.4, -0.2) is 23.2 Å². The molecule has 0 spiro atoms. The Morgan fingerprint density at radius 3 is 1.97 bits per heavy atom. The summed E-state index contributed by atoms with van der Waals surface area (Å²) in [5.41, 5.74) is 0.487. The lowest BCUT2D eigenvalue weighted by atomic mass is 10.1. The molecule has 1 rings (SSSR count). The van der Waals surface area contributed by atoms with Gasteiger partial charge in [0.25, 0.3) is 0 Å². The van der Waals surface area contributed by atoms with Crippen LogP contribution in [0.1, 0.15) is 81.6 Å². The Morgan fingerprint density at radius 2 is 1.39 bits per heavy atom. The number of Topliss-reactive ketones (excluding diaryl/α,β-unsaturated/α-hetero) is 1. The fourth-order valence-electron chi connectivity index (χ4n) is 2.97. The first-order valence-electron chi connectivity index (χ1n) is 12.2. The van der Waals surface area contributed by atoms with E-state index in [4.69, 9.17) is 0 Å². The summed E-state index contributed by atoms with van der Waals surface area (Å²) in [5, 5.41) is 2.88. The van der Waals surface area contributed by atoms with Crippen molar-refractivity contribution in [1.82, 2.24) is 10.3 Å². The van der Waals surface area contributed by atoms with Gasteiger partial charge in [-0.15, -0.1) is 0 Å². The molecule has 178 valence electrons. The molecule has 0 fully saturated rings. The Morgan fingerprint density at radius 1 is 0.788 bits per heavy atom. The highest BCUT2D eigenvalue weighted by Gasteiger charge is 2.06. The molecule has 4 nitrogen and oxygen atoms in total. The molecule has 1 amide bonds. The Hall–Kier alpha value is -3.01. The third-order valence-corrected chi connectivity index (χ3v) is 4.79. The molecular weight excluding hydrogens is 408 g/mol. The smallest absolute Gasteiger partial charge is 0.220 e. The molecule has 1 heterocycles. The lowest BCUT2D eigenvalue weighted by Gasteiger charge is -2.04. The number of ketones is 1. The monoisotopic (exact) mass is 448 g/mol. The average Bonchev–Trinajstić information content (AvgIpc) is 2.84. The number of amides is 1. The maximum Gasteiger partial charge on any atom is 0.220 e. The van der Waals surface area contributed by atoms with E-state index in [2.05, 4.69) is 78.0 Å². The van der Waals surface area contributed by atoms with Crippen LogP contribution in [0.25, 0.3) is 0 Å². The molecule has 0 aliphatic carbocycles. The van der Waals surface area contributed by atoms with E-state index in [1.54, 1.807) is 24.4 Å². The van der Waals surface area contributed by atoms with Gasteiger partial charge in [0.2, 0.25) is 5.91 Å². The van der Waals surface area contributed by atoms with Crippen molar-refractivity contribution in [3.63, 3.8) is 0 Å². The van der Waals surface area contributed by atoms with E-state index in [9.17, 15) is 9.59 Å². The van der Waals surface area contributed by atoms with Crippen LogP contribution < -0.4 is 5.32 Å². The highest BCUT2D eigenvalue weighted by atomic mass is 16.1. The highest BCUT2D eigenvalue weighted by Crippen LogP contribution is 2.02. The van der Waals surface area contributed by atoms with Crippen LogP contribution in [0.3, 0.4) is 0 Å². The molecule has 0 unspecified atom stereocenters. The molecule has 0 radical (unpaired) electrons. The molecule has 0 saturated carbocycles. The van der Waals surface area contributed by atoms with Crippen LogP contribution in [0, 0.1) is 0 Å². The maximum atomic E-state index is 11.9. The minimum absolute atomic E-state index is 0.0169. The molecule has 33 heavy (non-hydrogen) atoms. The van der Waals surface area contributed by atoms with Gasteiger partial charge in [-0.25, -0.2) is 0 Å². The van der Waals surface area contributed by atoms with Crippen LogP contribution in [-0.2, 0) is 4.79 Å². The summed E-state index contributed by atoms with van der Waals surface area (Å²) < 4.78 is 0. The van der Waals surface area contributed by atoms with Gasteiger partial charge in [-0.2, -0.15) is 0 Å². The van der Waals surface area contributed by atoms with Crippen molar-refractivity contribution in [3.05, 3.63) is 90.9 Å². The zero-order valence-electron chi connectivity index (χ0n) is 20.1. The predicted molar refractivity (Wildman–Crippen MR) is 139 cm³/mol. The second kappa shape index (κ2) is 20.9. The van der Waals surface area contributed by atoms with E-state index in [1.807, 2.05) is 0 Å². The standard InChI is InChI=1S/C29H40N2O2/c1-2-3-4-5-6-7-8-9-10-11-12-13-14-15-16-17-18-24-29(33)31-26-21-23-28(32)27-22-19-20-25-30-27/h3-4,6-7,9-10,12-13,15-16,19-20,22,25H,2,5,8,11,14,17-18,21,23-24,26H2,1H3,(H,31,33)/b4-3-,7-6-,10-9-,13-12-,16-15-. The van der Waals surface area contributed by atoms with Crippen molar-refractivity contribution in [2.75, 3.05) is 6.54 Å².